The predicted molar refractivity (Wildman–Crippen MR) is 107 cm³/mol. The summed E-state index contributed by atoms with van der Waals surface area (Å²) in [6, 6.07) is 12.3. The van der Waals surface area contributed by atoms with Gasteiger partial charge in [-0.05, 0) is 47.9 Å². The van der Waals surface area contributed by atoms with Gasteiger partial charge in [-0.2, -0.15) is 0 Å². The number of aliphatic carboxylic acids is 1. The smallest absolute Gasteiger partial charge is 0.336 e. The number of hydrogen-bond acceptors (Lipinski definition) is 4. The summed E-state index contributed by atoms with van der Waals surface area (Å²) in [4.78, 5) is 11.7. The maximum Gasteiger partial charge on any atom is 0.336 e. The number of hydrogen-bond donors (Lipinski definition) is 1. The molecule has 0 heterocycles. The Morgan fingerprint density at radius 2 is 1.74 bits per heavy atom. The molecular formula is C22H26O5. The summed E-state index contributed by atoms with van der Waals surface area (Å²) in [6.07, 6.45) is 4.86. The minimum Gasteiger partial charge on any atom is -0.497 e. The van der Waals surface area contributed by atoms with Crippen molar-refractivity contribution in [3.05, 3.63) is 53.6 Å². The zero-order valence-corrected chi connectivity index (χ0v) is 16.0. The molecule has 5 heteroatoms. The van der Waals surface area contributed by atoms with E-state index in [1.807, 2.05) is 12.1 Å². The first-order chi connectivity index (χ1) is 13.1. The summed E-state index contributed by atoms with van der Waals surface area (Å²) >= 11 is 0. The maximum atomic E-state index is 11.7. The molecule has 0 amide bonds. The molecule has 0 fully saturated rings. The zero-order chi connectivity index (χ0) is 19.6. The van der Waals surface area contributed by atoms with E-state index in [0.29, 0.717) is 29.4 Å². The van der Waals surface area contributed by atoms with Gasteiger partial charge in [0.25, 0.3) is 0 Å². The highest BCUT2D eigenvalue weighted by atomic mass is 16.5. The number of rotatable bonds is 10. The molecule has 27 heavy (non-hydrogen) atoms. The van der Waals surface area contributed by atoms with Gasteiger partial charge < -0.3 is 19.3 Å². The fraction of sp³-hybridized carbons (Fsp3) is 0.318. The van der Waals surface area contributed by atoms with Crippen molar-refractivity contribution in [1.82, 2.24) is 0 Å². The van der Waals surface area contributed by atoms with Gasteiger partial charge in [-0.25, -0.2) is 4.79 Å². The van der Waals surface area contributed by atoms with Crippen molar-refractivity contribution in [3.8, 4) is 17.2 Å². The number of carboxylic acids is 1. The lowest BCUT2D eigenvalue weighted by Gasteiger charge is -2.11. The molecule has 2 rings (SSSR count). The molecular weight excluding hydrogens is 344 g/mol. The Hall–Kier alpha value is -2.95. The molecule has 2 aromatic rings. The number of ether oxygens (including phenoxy) is 3. The van der Waals surface area contributed by atoms with E-state index in [2.05, 4.69) is 6.92 Å². The third-order valence-corrected chi connectivity index (χ3v) is 4.14. The van der Waals surface area contributed by atoms with Crippen molar-refractivity contribution in [3.63, 3.8) is 0 Å². The Bertz CT molecular complexity index is 778. The predicted octanol–water partition coefficient (Wildman–Crippen LogP) is 4.90. The first kappa shape index (κ1) is 20.4. The lowest BCUT2D eigenvalue weighted by atomic mass is 10.0. The van der Waals surface area contributed by atoms with Crippen molar-refractivity contribution in [2.45, 2.75) is 26.2 Å². The Morgan fingerprint density at radius 1 is 1.00 bits per heavy atom. The minimum atomic E-state index is -1.00. The third-order valence-electron chi connectivity index (χ3n) is 4.14. The topological polar surface area (TPSA) is 65.0 Å². The second kappa shape index (κ2) is 10.3. The van der Waals surface area contributed by atoms with Crippen LogP contribution in [0.3, 0.4) is 0 Å². The lowest BCUT2D eigenvalue weighted by molar-refractivity contribution is -0.130. The third kappa shape index (κ3) is 5.78. The number of carbonyl (C=O) groups is 1. The van der Waals surface area contributed by atoms with Crippen molar-refractivity contribution >= 4 is 17.6 Å². The normalized spacial score (nSPS) is 11.1. The lowest BCUT2D eigenvalue weighted by Crippen LogP contribution is -2.01. The summed E-state index contributed by atoms with van der Waals surface area (Å²) in [5.74, 6) is 0.917. The molecule has 5 nitrogen and oxygen atoms in total. The standard InChI is InChI=1S/C22H26O5/c1-4-5-6-13-27-20-12-7-16(15-21(20)26-3)14-19(22(23)24)17-8-10-18(25-2)11-9-17/h7-12,14-15H,4-6,13H2,1-3H3,(H,23,24)/b19-14+. The first-order valence-electron chi connectivity index (χ1n) is 8.99. The van der Waals surface area contributed by atoms with Crippen molar-refractivity contribution in [2.75, 3.05) is 20.8 Å². The molecule has 0 saturated heterocycles. The van der Waals surface area contributed by atoms with Gasteiger partial charge in [-0.1, -0.05) is 38.0 Å². The highest BCUT2D eigenvalue weighted by Gasteiger charge is 2.12. The Balaban J connectivity index is 2.26. The summed E-state index contributed by atoms with van der Waals surface area (Å²) in [5, 5.41) is 9.61. The van der Waals surface area contributed by atoms with E-state index in [1.54, 1.807) is 50.6 Å². The zero-order valence-electron chi connectivity index (χ0n) is 16.0. The van der Waals surface area contributed by atoms with E-state index in [4.69, 9.17) is 14.2 Å². The van der Waals surface area contributed by atoms with E-state index in [-0.39, 0.29) is 5.57 Å². The van der Waals surface area contributed by atoms with E-state index < -0.39 is 5.97 Å². The van der Waals surface area contributed by atoms with Crippen LogP contribution in [0.25, 0.3) is 11.6 Å². The van der Waals surface area contributed by atoms with Crippen LogP contribution < -0.4 is 14.2 Å². The Morgan fingerprint density at radius 3 is 2.33 bits per heavy atom. The van der Waals surface area contributed by atoms with Crippen LogP contribution in [0, 0.1) is 0 Å². The monoisotopic (exact) mass is 370 g/mol. The molecule has 0 aliphatic heterocycles. The molecule has 0 atom stereocenters. The second-order valence-corrected chi connectivity index (χ2v) is 6.06. The molecule has 144 valence electrons. The summed E-state index contributed by atoms with van der Waals surface area (Å²) < 4.78 is 16.3. The highest BCUT2D eigenvalue weighted by molar-refractivity contribution is 6.20. The molecule has 0 unspecified atom stereocenters. The highest BCUT2D eigenvalue weighted by Crippen LogP contribution is 2.30. The number of methoxy groups -OCH3 is 2. The van der Waals surface area contributed by atoms with Gasteiger partial charge in [-0.15, -0.1) is 0 Å². The van der Waals surface area contributed by atoms with E-state index in [0.717, 1.165) is 24.8 Å². The fourth-order valence-electron chi connectivity index (χ4n) is 2.63. The summed E-state index contributed by atoms with van der Waals surface area (Å²) in [7, 11) is 3.14. The van der Waals surface area contributed by atoms with Crippen LogP contribution in [0.5, 0.6) is 17.2 Å². The summed E-state index contributed by atoms with van der Waals surface area (Å²) in [6.45, 7) is 2.77. The molecule has 0 radical (unpaired) electrons. The van der Waals surface area contributed by atoms with Crippen LogP contribution in [0.15, 0.2) is 42.5 Å². The molecule has 0 aliphatic rings. The average molecular weight is 370 g/mol. The minimum absolute atomic E-state index is 0.191. The van der Waals surface area contributed by atoms with Crippen LogP contribution in [-0.4, -0.2) is 31.9 Å². The Kier molecular flexibility index (Phi) is 7.74. The van der Waals surface area contributed by atoms with Crippen LogP contribution >= 0.6 is 0 Å². The SMILES string of the molecule is CCCCCOc1ccc(/C=C(/C(=O)O)c2ccc(OC)cc2)cc1OC. The second-order valence-electron chi connectivity index (χ2n) is 6.06. The molecule has 0 spiro atoms. The van der Waals surface area contributed by atoms with Gasteiger partial charge in [0, 0.05) is 0 Å². The largest absolute Gasteiger partial charge is 0.497 e. The van der Waals surface area contributed by atoms with E-state index in [1.165, 1.54) is 0 Å². The average Bonchev–Trinajstić information content (AvgIpc) is 2.69. The fourth-order valence-corrected chi connectivity index (χ4v) is 2.63. The number of unbranched alkanes of at least 4 members (excludes halogenated alkanes) is 2. The van der Waals surface area contributed by atoms with E-state index in [9.17, 15) is 9.90 Å². The summed E-state index contributed by atoms with van der Waals surface area (Å²) in [5.41, 5.74) is 1.51. The molecule has 0 bridgehead atoms. The van der Waals surface area contributed by atoms with Crippen molar-refractivity contribution in [2.24, 2.45) is 0 Å². The van der Waals surface area contributed by atoms with Gasteiger partial charge in [0.15, 0.2) is 11.5 Å². The first-order valence-corrected chi connectivity index (χ1v) is 8.99. The van der Waals surface area contributed by atoms with Crippen LogP contribution in [0.2, 0.25) is 0 Å². The van der Waals surface area contributed by atoms with Gasteiger partial charge in [0.2, 0.25) is 0 Å². The van der Waals surface area contributed by atoms with E-state index >= 15 is 0 Å². The molecule has 0 saturated carbocycles. The van der Waals surface area contributed by atoms with Gasteiger partial charge in [-0.3, -0.25) is 0 Å². The van der Waals surface area contributed by atoms with Crippen LogP contribution in [0.4, 0.5) is 0 Å². The van der Waals surface area contributed by atoms with Crippen LogP contribution in [-0.2, 0) is 4.79 Å². The Labute approximate surface area is 160 Å². The van der Waals surface area contributed by atoms with Gasteiger partial charge in [0.1, 0.15) is 5.75 Å². The van der Waals surface area contributed by atoms with Crippen LogP contribution in [0.1, 0.15) is 37.3 Å². The van der Waals surface area contributed by atoms with Gasteiger partial charge in [0.05, 0.1) is 26.4 Å². The molecule has 1 N–H and O–H groups in total. The number of carboxylic acid groups (broad SMARTS) is 1. The molecule has 2 aromatic carbocycles. The van der Waals surface area contributed by atoms with Crippen molar-refractivity contribution in [1.29, 1.82) is 0 Å². The van der Waals surface area contributed by atoms with Crippen molar-refractivity contribution < 1.29 is 24.1 Å². The molecule has 0 aliphatic carbocycles. The maximum absolute atomic E-state index is 11.7. The quantitative estimate of drug-likeness (QED) is 0.366. The molecule has 0 aromatic heterocycles. The van der Waals surface area contributed by atoms with Gasteiger partial charge >= 0.3 is 5.97 Å². The number of benzene rings is 2.